The maximum Gasteiger partial charge on any atom is 0.224 e. The highest BCUT2D eigenvalue weighted by Crippen LogP contribution is 2.26. The number of aryl methyl sites for hydroxylation is 2. The van der Waals surface area contributed by atoms with Crippen LogP contribution in [0.2, 0.25) is 5.02 Å². The van der Waals surface area contributed by atoms with Crippen LogP contribution in [0, 0.1) is 0 Å². The summed E-state index contributed by atoms with van der Waals surface area (Å²) in [5.74, 6) is 0.0573. The summed E-state index contributed by atoms with van der Waals surface area (Å²) in [5, 5.41) is 3.88. The van der Waals surface area contributed by atoms with Crippen molar-refractivity contribution in [2.75, 3.05) is 0 Å². The third-order valence-electron chi connectivity index (χ3n) is 4.80. The molecule has 0 spiro atoms. The van der Waals surface area contributed by atoms with Crippen molar-refractivity contribution < 1.29 is 4.79 Å². The highest BCUT2D eigenvalue weighted by molar-refractivity contribution is 6.30. The average molecular weight is 342 g/mol. The number of hydrogen-bond acceptors (Lipinski definition) is 1. The summed E-state index contributed by atoms with van der Waals surface area (Å²) in [6, 6.07) is 14.3. The van der Waals surface area contributed by atoms with E-state index in [1.54, 1.807) is 0 Å². The van der Waals surface area contributed by atoms with Gasteiger partial charge in [-0.25, -0.2) is 0 Å². The standard InChI is InChI=1S/C21H24ClNO/c1-2-20(18-10-9-16-5-3-4-6-17(16)14-18)23-21(24)13-15-7-11-19(22)12-8-15/h7-12,14,20H,2-6,13H2,1H3,(H,23,24). The van der Waals surface area contributed by atoms with E-state index in [1.165, 1.54) is 42.4 Å². The minimum atomic E-state index is 0.0573. The lowest BCUT2D eigenvalue weighted by Crippen LogP contribution is -2.29. The van der Waals surface area contributed by atoms with Gasteiger partial charge in [-0.15, -0.1) is 0 Å². The quantitative estimate of drug-likeness (QED) is 0.812. The van der Waals surface area contributed by atoms with Crippen LogP contribution in [0.3, 0.4) is 0 Å². The molecular formula is C21H24ClNO. The highest BCUT2D eigenvalue weighted by atomic mass is 35.5. The van der Waals surface area contributed by atoms with Gasteiger partial charge in [0.2, 0.25) is 5.91 Å². The van der Waals surface area contributed by atoms with Crippen molar-refractivity contribution in [3.63, 3.8) is 0 Å². The molecule has 0 saturated carbocycles. The Labute approximate surface area is 149 Å². The molecule has 2 aromatic carbocycles. The van der Waals surface area contributed by atoms with Crippen molar-refractivity contribution in [2.45, 2.75) is 51.5 Å². The second-order valence-electron chi connectivity index (χ2n) is 6.57. The van der Waals surface area contributed by atoms with Crippen LogP contribution in [0.5, 0.6) is 0 Å². The van der Waals surface area contributed by atoms with Crippen molar-refractivity contribution in [3.05, 3.63) is 69.7 Å². The summed E-state index contributed by atoms with van der Waals surface area (Å²) in [4.78, 5) is 12.4. The van der Waals surface area contributed by atoms with E-state index in [-0.39, 0.29) is 11.9 Å². The fourth-order valence-corrected chi connectivity index (χ4v) is 3.55. The highest BCUT2D eigenvalue weighted by Gasteiger charge is 2.16. The molecule has 0 aliphatic heterocycles. The molecule has 1 unspecified atom stereocenters. The Hall–Kier alpha value is -1.80. The van der Waals surface area contributed by atoms with Crippen LogP contribution in [0.15, 0.2) is 42.5 Å². The Bertz CT molecular complexity index is 708. The van der Waals surface area contributed by atoms with Crippen LogP contribution in [-0.2, 0) is 24.1 Å². The van der Waals surface area contributed by atoms with E-state index in [2.05, 4.69) is 30.4 Å². The number of hydrogen-bond donors (Lipinski definition) is 1. The van der Waals surface area contributed by atoms with E-state index in [0.29, 0.717) is 11.4 Å². The van der Waals surface area contributed by atoms with Crippen molar-refractivity contribution >= 4 is 17.5 Å². The predicted molar refractivity (Wildman–Crippen MR) is 99.4 cm³/mol. The molecule has 3 rings (SSSR count). The van der Waals surface area contributed by atoms with Crippen molar-refractivity contribution in [2.24, 2.45) is 0 Å². The Kier molecular flexibility index (Phi) is 5.57. The first-order chi connectivity index (χ1) is 11.7. The first-order valence-electron chi connectivity index (χ1n) is 8.81. The lowest BCUT2D eigenvalue weighted by molar-refractivity contribution is -0.121. The minimum Gasteiger partial charge on any atom is -0.349 e. The number of rotatable bonds is 5. The molecule has 24 heavy (non-hydrogen) atoms. The van der Waals surface area contributed by atoms with Crippen LogP contribution in [0.25, 0.3) is 0 Å². The summed E-state index contributed by atoms with van der Waals surface area (Å²) in [6.45, 7) is 2.12. The van der Waals surface area contributed by atoms with Gasteiger partial charge in [-0.2, -0.15) is 0 Å². The molecule has 2 aromatic rings. The van der Waals surface area contributed by atoms with Crippen LogP contribution < -0.4 is 5.32 Å². The topological polar surface area (TPSA) is 29.1 Å². The largest absolute Gasteiger partial charge is 0.349 e. The molecule has 0 aromatic heterocycles. The molecule has 126 valence electrons. The van der Waals surface area contributed by atoms with Gasteiger partial charge < -0.3 is 5.32 Å². The average Bonchev–Trinajstić information content (AvgIpc) is 2.61. The molecule has 0 bridgehead atoms. The zero-order valence-corrected chi connectivity index (χ0v) is 14.9. The van der Waals surface area contributed by atoms with Gasteiger partial charge >= 0.3 is 0 Å². The maximum absolute atomic E-state index is 12.4. The Morgan fingerprint density at radius 3 is 2.50 bits per heavy atom. The van der Waals surface area contributed by atoms with Gasteiger partial charge in [-0.3, -0.25) is 4.79 Å². The SMILES string of the molecule is CCC(NC(=O)Cc1ccc(Cl)cc1)c1ccc2c(c1)CCCC2. The normalized spacial score (nSPS) is 14.8. The van der Waals surface area contributed by atoms with Crippen LogP contribution >= 0.6 is 11.6 Å². The van der Waals surface area contributed by atoms with E-state index in [9.17, 15) is 4.79 Å². The zero-order valence-electron chi connectivity index (χ0n) is 14.1. The number of carbonyl (C=O) groups excluding carboxylic acids is 1. The van der Waals surface area contributed by atoms with Crippen LogP contribution in [0.4, 0.5) is 0 Å². The summed E-state index contributed by atoms with van der Waals surface area (Å²) in [7, 11) is 0. The molecule has 1 N–H and O–H groups in total. The fraction of sp³-hybridized carbons (Fsp3) is 0.381. The van der Waals surface area contributed by atoms with E-state index in [0.717, 1.165) is 12.0 Å². The molecule has 1 aliphatic carbocycles. The predicted octanol–water partition coefficient (Wildman–Crippen LogP) is 5.03. The summed E-state index contributed by atoms with van der Waals surface area (Å²) >= 11 is 5.89. The van der Waals surface area contributed by atoms with Crippen LogP contribution in [-0.4, -0.2) is 5.91 Å². The minimum absolute atomic E-state index is 0.0573. The third-order valence-corrected chi connectivity index (χ3v) is 5.05. The smallest absolute Gasteiger partial charge is 0.224 e. The van der Waals surface area contributed by atoms with Crippen molar-refractivity contribution in [3.8, 4) is 0 Å². The lowest BCUT2D eigenvalue weighted by atomic mass is 9.88. The Balaban J connectivity index is 1.67. The molecule has 0 heterocycles. The second-order valence-corrected chi connectivity index (χ2v) is 7.00. The van der Waals surface area contributed by atoms with Gasteiger partial charge in [0.1, 0.15) is 0 Å². The molecule has 1 amide bonds. The van der Waals surface area contributed by atoms with Gasteiger partial charge in [0.25, 0.3) is 0 Å². The molecule has 2 nitrogen and oxygen atoms in total. The second kappa shape index (κ2) is 7.85. The maximum atomic E-state index is 12.4. The molecular weight excluding hydrogens is 318 g/mol. The molecule has 1 atom stereocenters. The summed E-state index contributed by atoms with van der Waals surface area (Å²) in [6.07, 6.45) is 6.20. The number of carbonyl (C=O) groups is 1. The Morgan fingerprint density at radius 2 is 1.79 bits per heavy atom. The van der Waals surface area contributed by atoms with E-state index >= 15 is 0 Å². The molecule has 0 fully saturated rings. The molecule has 1 aliphatic rings. The van der Waals surface area contributed by atoms with Crippen molar-refractivity contribution in [1.82, 2.24) is 5.32 Å². The summed E-state index contributed by atoms with van der Waals surface area (Å²) < 4.78 is 0. The van der Waals surface area contributed by atoms with E-state index in [1.807, 2.05) is 24.3 Å². The number of nitrogens with one attached hydrogen (secondary N) is 1. The molecule has 0 radical (unpaired) electrons. The lowest BCUT2D eigenvalue weighted by Gasteiger charge is -2.22. The summed E-state index contributed by atoms with van der Waals surface area (Å²) in [5.41, 5.74) is 5.15. The number of amides is 1. The number of fused-ring (bicyclic) bond motifs is 1. The third kappa shape index (κ3) is 4.18. The molecule has 0 saturated heterocycles. The van der Waals surface area contributed by atoms with Crippen molar-refractivity contribution in [1.29, 1.82) is 0 Å². The fourth-order valence-electron chi connectivity index (χ4n) is 3.42. The van der Waals surface area contributed by atoms with Gasteiger partial charge in [0.05, 0.1) is 12.5 Å². The Morgan fingerprint density at radius 1 is 1.08 bits per heavy atom. The first kappa shape index (κ1) is 17.0. The van der Waals surface area contributed by atoms with Gasteiger partial charge in [-0.1, -0.05) is 48.9 Å². The number of benzene rings is 2. The van der Waals surface area contributed by atoms with Gasteiger partial charge in [0.15, 0.2) is 0 Å². The van der Waals surface area contributed by atoms with Gasteiger partial charge in [-0.05, 0) is 66.5 Å². The van der Waals surface area contributed by atoms with E-state index in [4.69, 9.17) is 11.6 Å². The monoisotopic (exact) mass is 341 g/mol. The number of halogens is 1. The first-order valence-corrected chi connectivity index (χ1v) is 9.19. The molecule has 3 heteroatoms. The van der Waals surface area contributed by atoms with E-state index < -0.39 is 0 Å². The zero-order chi connectivity index (χ0) is 16.9. The van der Waals surface area contributed by atoms with Gasteiger partial charge in [0, 0.05) is 5.02 Å². The van der Waals surface area contributed by atoms with Crippen LogP contribution in [0.1, 0.15) is 54.5 Å².